The van der Waals surface area contributed by atoms with Gasteiger partial charge < -0.3 is 0 Å². The Labute approximate surface area is 131 Å². The Balaban J connectivity index is 2.30. The lowest BCUT2D eigenvalue weighted by Crippen LogP contribution is -1.96. The van der Waals surface area contributed by atoms with E-state index >= 15 is 0 Å². The van der Waals surface area contributed by atoms with Crippen molar-refractivity contribution >= 4 is 34.1 Å². The summed E-state index contributed by atoms with van der Waals surface area (Å²) in [5.41, 5.74) is 2.72. The van der Waals surface area contributed by atoms with Gasteiger partial charge in [-0.15, -0.1) is 0 Å². The fourth-order valence-corrected chi connectivity index (χ4v) is 2.68. The minimum atomic E-state index is -0.417. The van der Waals surface area contributed by atoms with Gasteiger partial charge in [0.15, 0.2) is 5.82 Å². The van der Waals surface area contributed by atoms with Gasteiger partial charge in [-0.05, 0) is 37.1 Å². The van der Waals surface area contributed by atoms with Crippen molar-refractivity contribution in [2.24, 2.45) is 0 Å². The van der Waals surface area contributed by atoms with Crippen molar-refractivity contribution in [3.05, 3.63) is 57.5 Å². The van der Waals surface area contributed by atoms with Crippen LogP contribution in [0.4, 0.5) is 4.39 Å². The topological polar surface area (TPSA) is 25.8 Å². The summed E-state index contributed by atoms with van der Waals surface area (Å²) in [4.78, 5) is 8.58. The first-order valence-electron chi connectivity index (χ1n) is 6.36. The zero-order valence-electron chi connectivity index (χ0n) is 11.4. The molecule has 0 atom stereocenters. The molecule has 1 aromatic heterocycles. The van der Waals surface area contributed by atoms with E-state index in [1.807, 2.05) is 26.0 Å². The van der Waals surface area contributed by atoms with Crippen molar-refractivity contribution in [1.82, 2.24) is 9.97 Å². The number of halogens is 3. The van der Waals surface area contributed by atoms with E-state index in [4.69, 9.17) is 23.2 Å². The third-order valence-electron chi connectivity index (χ3n) is 3.40. The Morgan fingerprint density at radius 1 is 0.952 bits per heavy atom. The molecule has 1 heterocycles. The summed E-state index contributed by atoms with van der Waals surface area (Å²) in [6.45, 7) is 3.75. The number of rotatable bonds is 1. The third kappa shape index (κ3) is 2.47. The first-order valence-corrected chi connectivity index (χ1v) is 7.12. The molecule has 3 rings (SSSR count). The maximum absolute atomic E-state index is 14.0. The smallest absolute Gasteiger partial charge is 0.161 e. The predicted molar refractivity (Wildman–Crippen MR) is 84.4 cm³/mol. The molecule has 21 heavy (non-hydrogen) atoms. The Bertz CT molecular complexity index is 863. The fourth-order valence-electron chi connectivity index (χ4n) is 2.18. The number of fused-ring (bicyclic) bond motifs is 1. The molecule has 0 N–H and O–H groups in total. The van der Waals surface area contributed by atoms with Gasteiger partial charge in [0.2, 0.25) is 0 Å². The average molecular weight is 321 g/mol. The summed E-state index contributed by atoms with van der Waals surface area (Å²) in [6, 6.07) is 8.50. The molecule has 0 radical (unpaired) electrons. The van der Waals surface area contributed by atoms with E-state index in [-0.39, 0.29) is 10.7 Å². The largest absolute Gasteiger partial charge is 0.225 e. The molecule has 0 aliphatic heterocycles. The van der Waals surface area contributed by atoms with Crippen molar-refractivity contribution in [3.8, 4) is 11.4 Å². The summed E-state index contributed by atoms with van der Waals surface area (Å²) >= 11 is 12.3. The van der Waals surface area contributed by atoms with Crippen LogP contribution in [0.25, 0.3) is 22.3 Å². The summed E-state index contributed by atoms with van der Waals surface area (Å²) < 4.78 is 14.0. The normalized spacial score (nSPS) is 11.1. The van der Waals surface area contributed by atoms with Gasteiger partial charge in [-0.3, -0.25) is 0 Å². The van der Waals surface area contributed by atoms with Crippen molar-refractivity contribution < 1.29 is 4.39 Å². The third-order valence-corrected chi connectivity index (χ3v) is 4.08. The second-order valence-electron chi connectivity index (χ2n) is 4.89. The van der Waals surface area contributed by atoms with E-state index in [0.29, 0.717) is 21.8 Å². The molecule has 3 aromatic rings. The summed E-state index contributed by atoms with van der Waals surface area (Å²) in [5, 5.41) is 1.39. The van der Waals surface area contributed by atoms with Gasteiger partial charge in [0.1, 0.15) is 16.5 Å². The standard InChI is InChI=1S/C16H11Cl2FN2/c1-8-3-5-10(7-11(8)17)16-20-14-12(19)6-4-9(2)13(14)15(18)21-16/h3-7H,1-2H3. The van der Waals surface area contributed by atoms with Crippen LogP contribution in [0.3, 0.4) is 0 Å². The van der Waals surface area contributed by atoms with Gasteiger partial charge in [0.25, 0.3) is 0 Å². The molecule has 0 fully saturated rings. The van der Waals surface area contributed by atoms with Gasteiger partial charge in [-0.25, -0.2) is 14.4 Å². The number of aryl methyl sites for hydroxylation is 2. The number of aromatic nitrogens is 2. The number of hydrogen-bond donors (Lipinski definition) is 0. The van der Waals surface area contributed by atoms with Crippen LogP contribution in [-0.2, 0) is 0 Å². The molecule has 2 aromatic carbocycles. The lowest BCUT2D eigenvalue weighted by molar-refractivity contribution is 0.636. The van der Waals surface area contributed by atoms with E-state index in [9.17, 15) is 4.39 Å². The van der Waals surface area contributed by atoms with Crippen molar-refractivity contribution in [2.45, 2.75) is 13.8 Å². The Morgan fingerprint density at radius 2 is 1.67 bits per heavy atom. The van der Waals surface area contributed by atoms with Crippen LogP contribution in [0.2, 0.25) is 10.2 Å². The number of benzene rings is 2. The molecular formula is C16H11Cl2FN2. The SMILES string of the molecule is Cc1ccc(-c2nc(Cl)c3c(C)ccc(F)c3n2)cc1Cl. The maximum Gasteiger partial charge on any atom is 0.161 e. The zero-order valence-corrected chi connectivity index (χ0v) is 12.9. The van der Waals surface area contributed by atoms with Gasteiger partial charge in [-0.1, -0.05) is 41.4 Å². The highest BCUT2D eigenvalue weighted by molar-refractivity contribution is 6.34. The van der Waals surface area contributed by atoms with Crippen LogP contribution >= 0.6 is 23.2 Å². The zero-order chi connectivity index (χ0) is 15.1. The highest BCUT2D eigenvalue weighted by Crippen LogP contribution is 2.30. The van der Waals surface area contributed by atoms with Crippen LogP contribution in [0, 0.1) is 19.7 Å². The van der Waals surface area contributed by atoms with E-state index in [1.54, 1.807) is 12.1 Å². The van der Waals surface area contributed by atoms with E-state index in [2.05, 4.69) is 9.97 Å². The van der Waals surface area contributed by atoms with Gasteiger partial charge in [0.05, 0.1) is 0 Å². The quantitative estimate of drug-likeness (QED) is 0.564. The van der Waals surface area contributed by atoms with Crippen LogP contribution in [0.1, 0.15) is 11.1 Å². The molecule has 0 amide bonds. The fraction of sp³-hybridized carbons (Fsp3) is 0.125. The average Bonchev–Trinajstić information content (AvgIpc) is 2.45. The molecule has 106 valence electrons. The van der Waals surface area contributed by atoms with Crippen LogP contribution in [-0.4, -0.2) is 9.97 Å². The molecule has 0 unspecified atom stereocenters. The number of hydrogen-bond acceptors (Lipinski definition) is 2. The van der Waals surface area contributed by atoms with Crippen molar-refractivity contribution in [3.63, 3.8) is 0 Å². The van der Waals surface area contributed by atoms with E-state index in [1.165, 1.54) is 6.07 Å². The van der Waals surface area contributed by atoms with E-state index < -0.39 is 5.82 Å². The Morgan fingerprint density at radius 3 is 2.38 bits per heavy atom. The number of nitrogens with zero attached hydrogens (tertiary/aromatic N) is 2. The minimum Gasteiger partial charge on any atom is -0.225 e. The summed E-state index contributed by atoms with van der Waals surface area (Å²) in [7, 11) is 0. The summed E-state index contributed by atoms with van der Waals surface area (Å²) in [6.07, 6.45) is 0. The maximum atomic E-state index is 14.0. The second kappa shape index (κ2) is 5.24. The molecule has 0 saturated heterocycles. The van der Waals surface area contributed by atoms with Gasteiger partial charge >= 0.3 is 0 Å². The van der Waals surface area contributed by atoms with Crippen LogP contribution < -0.4 is 0 Å². The van der Waals surface area contributed by atoms with E-state index in [0.717, 1.165) is 11.1 Å². The monoisotopic (exact) mass is 320 g/mol. The molecule has 0 aliphatic carbocycles. The molecule has 0 saturated carbocycles. The van der Waals surface area contributed by atoms with Crippen LogP contribution in [0.15, 0.2) is 30.3 Å². The highest BCUT2D eigenvalue weighted by Gasteiger charge is 2.13. The first-order chi connectivity index (χ1) is 9.97. The Hall–Kier alpha value is -1.71. The lowest BCUT2D eigenvalue weighted by atomic mass is 10.1. The minimum absolute atomic E-state index is 0.224. The van der Waals surface area contributed by atoms with Crippen molar-refractivity contribution in [2.75, 3.05) is 0 Å². The van der Waals surface area contributed by atoms with Gasteiger partial charge in [0, 0.05) is 16.0 Å². The molecule has 0 bridgehead atoms. The molecular weight excluding hydrogens is 310 g/mol. The second-order valence-corrected chi connectivity index (χ2v) is 5.66. The van der Waals surface area contributed by atoms with Gasteiger partial charge in [-0.2, -0.15) is 0 Å². The molecule has 0 spiro atoms. The first kappa shape index (κ1) is 14.2. The summed E-state index contributed by atoms with van der Waals surface area (Å²) in [5.74, 6) is -0.0572. The lowest BCUT2D eigenvalue weighted by Gasteiger charge is -2.08. The van der Waals surface area contributed by atoms with Crippen molar-refractivity contribution in [1.29, 1.82) is 0 Å². The predicted octanol–water partition coefficient (Wildman–Crippen LogP) is 5.36. The van der Waals surface area contributed by atoms with Crippen LogP contribution in [0.5, 0.6) is 0 Å². The molecule has 0 aliphatic rings. The molecule has 5 heteroatoms. The molecule has 2 nitrogen and oxygen atoms in total. The highest BCUT2D eigenvalue weighted by atomic mass is 35.5. The Kier molecular flexibility index (Phi) is 3.56.